The SMILES string of the molecule is CC(C)(CCNC(=O)N1CCCC1)CN(C[C@@H](O)[C@H](Cc1ccccc1)NC(=O)O[C@H]1CO[C@H]2OCC[C@H]21)S(=O)(=O)c1ccc2c(c1)OCO2. The highest BCUT2D eigenvalue weighted by Crippen LogP contribution is 2.36. The number of hydrogen-bond donors (Lipinski definition) is 3. The van der Waals surface area contributed by atoms with Crippen LogP contribution in [-0.4, -0.2) is 112 Å². The highest BCUT2D eigenvalue weighted by molar-refractivity contribution is 7.89. The first-order valence-corrected chi connectivity index (χ1v) is 18.8. The van der Waals surface area contributed by atoms with Crippen molar-refractivity contribution in [3.8, 4) is 11.5 Å². The van der Waals surface area contributed by atoms with Crippen molar-refractivity contribution in [1.29, 1.82) is 0 Å². The molecule has 0 spiro atoms. The zero-order valence-corrected chi connectivity index (χ0v) is 29.4. The highest BCUT2D eigenvalue weighted by Gasteiger charge is 2.44. The molecule has 0 saturated carbocycles. The van der Waals surface area contributed by atoms with E-state index in [1.165, 1.54) is 16.4 Å². The van der Waals surface area contributed by atoms with E-state index < -0.39 is 46.1 Å². The Kier molecular flexibility index (Phi) is 11.4. The van der Waals surface area contributed by atoms with Crippen LogP contribution in [0.1, 0.15) is 45.1 Å². The molecule has 14 nitrogen and oxygen atoms in total. The third-order valence-corrected chi connectivity index (χ3v) is 11.6. The van der Waals surface area contributed by atoms with Gasteiger partial charge in [0.05, 0.1) is 36.2 Å². The molecule has 3 fully saturated rings. The standard InChI is InChI=1S/C35H48N4O10S/c1-35(2,13-14-36-33(41)38-15-6-7-16-38)22-39(50(43,44)25-10-11-29-30(19-25)48-23-47-29)20-28(40)27(18-24-8-4-3-5-9-24)37-34(42)49-31-21-46-32-26(31)12-17-45-32/h3-5,8-11,19,26-28,31-32,40H,6-7,12-18,20-23H2,1-2H3,(H,36,41)(H,37,42)/t26-,27-,28+,31-,32+/m0/s1. The van der Waals surface area contributed by atoms with Crippen molar-refractivity contribution in [3.63, 3.8) is 0 Å². The van der Waals surface area contributed by atoms with E-state index in [1.807, 2.05) is 44.2 Å². The molecule has 2 aromatic carbocycles. The summed E-state index contributed by atoms with van der Waals surface area (Å²) in [6.45, 7) is 6.06. The summed E-state index contributed by atoms with van der Waals surface area (Å²) in [6.07, 6.45) is 0.415. The van der Waals surface area contributed by atoms with Crippen LogP contribution in [0.15, 0.2) is 53.4 Å². The van der Waals surface area contributed by atoms with E-state index in [-0.39, 0.29) is 49.8 Å². The molecule has 3 amide bonds. The van der Waals surface area contributed by atoms with Gasteiger partial charge in [0.2, 0.25) is 16.8 Å². The second kappa shape index (κ2) is 15.7. The minimum absolute atomic E-state index is 0.0121. The number of amides is 3. The van der Waals surface area contributed by atoms with Gasteiger partial charge in [-0.1, -0.05) is 44.2 Å². The Bertz CT molecular complexity index is 1590. The van der Waals surface area contributed by atoms with Gasteiger partial charge in [0.15, 0.2) is 17.8 Å². The zero-order valence-electron chi connectivity index (χ0n) is 28.6. The molecular formula is C35H48N4O10S. The third-order valence-electron chi connectivity index (χ3n) is 9.76. The number of rotatable bonds is 14. The van der Waals surface area contributed by atoms with Gasteiger partial charge in [-0.3, -0.25) is 0 Å². The topological polar surface area (TPSA) is 165 Å². The van der Waals surface area contributed by atoms with Crippen molar-refractivity contribution in [2.75, 3.05) is 52.7 Å². The first-order chi connectivity index (χ1) is 24.0. The molecule has 0 aliphatic carbocycles. The van der Waals surface area contributed by atoms with Crippen molar-refractivity contribution in [2.24, 2.45) is 11.3 Å². The van der Waals surface area contributed by atoms with E-state index in [0.717, 1.165) is 31.5 Å². The van der Waals surface area contributed by atoms with Crippen LogP contribution in [0.25, 0.3) is 0 Å². The lowest BCUT2D eigenvalue weighted by Gasteiger charge is -2.35. The van der Waals surface area contributed by atoms with Crippen LogP contribution < -0.4 is 20.1 Å². The number of aliphatic hydroxyl groups excluding tert-OH is 1. The summed E-state index contributed by atoms with van der Waals surface area (Å²) in [5.74, 6) is 0.689. The minimum Gasteiger partial charge on any atom is -0.454 e. The number of hydrogen-bond acceptors (Lipinski definition) is 10. The maximum Gasteiger partial charge on any atom is 0.407 e. The second-order valence-electron chi connectivity index (χ2n) is 14.1. The lowest BCUT2D eigenvalue weighted by Crippen LogP contribution is -2.52. The number of carbonyl (C=O) groups excluding carboxylic acids is 2. The zero-order chi connectivity index (χ0) is 35.3. The first-order valence-electron chi connectivity index (χ1n) is 17.3. The molecule has 6 rings (SSSR count). The number of aliphatic hydroxyl groups is 1. The van der Waals surface area contributed by atoms with Gasteiger partial charge >= 0.3 is 12.1 Å². The molecule has 4 aliphatic rings. The Morgan fingerprint density at radius 3 is 2.62 bits per heavy atom. The average molecular weight is 717 g/mol. The number of urea groups is 1. The van der Waals surface area contributed by atoms with E-state index in [1.54, 1.807) is 11.0 Å². The predicted octanol–water partition coefficient (Wildman–Crippen LogP) is 3.09. The van der Waals surface area contributed by atoms with Gasteiger partial charge < -0.3 is 44.3 Å². The number of ether oxygens (including phenoxy) is 5. The van der Waals surface area contributed by atoms with Crippen LogP contribution in [-0.2, 0) is 30.7 Å². The molecule has 4 heterocycles. The van der Waals surface area contributed by atoms with Crippen molar-refractivity contribution in [1.82, 2.24) is 19.8 Å². The minimum atomic E-state index is -4.20. The lowest BCUT2D eigenvalue weighted by molar-refractivity contribution is -0.0907. The number of nitrogens with one attached hydrogen (secondary N) is 2. The molecule has 274 valence electrons. The van der Waals surface area contributed by atoms with Crippen LogP contribution >= 0.6 is 0 Å². The largest absolute Gasteiger partial charge is 0.454 e. The number of carbonyl (C=O) groups is 2. The van der Waals surface area contributed by atoms with Crippen LogP contribution in [0.4, 0.5) is 9.59 Å². The number of alkyl carbamates (subject to hydrolysis) is 1. The molecule has 3 N–H and O–H groups in total. The van der Waals surface area contributed by atoms with Gasteiger partial charge in [0, 0.05) is 38.8 Å². The van der Waals surface area contributed by atoms with E-state index in [0.29, 0.717) is 37.5 Å². The number of sulfonamides is 1. The summed E-state index contributed by atoms with van der Waals surface area (Å²) in [5.41, 5.74) is 0.218. The first kappa shape index (κ1) is 36.2. The Morgan fingerprint density at radius 2 is 1.84 bits per heavy atom. The van der Waals surface area contributed by atoms with E-state index in [4.69, 9.17) is 23.7 Å². The average Bonchev–Trinajstić information content (AvgIpc) is 3.91. The van der Waals surface area contributed by atoms with Gasteiger partial charge in [0.1, 0.15) is 6.10 Å². The Hall–Kier alpha value is -3.63. The van der Waals surface area contributed by atoms with Crippen molar-refractivity contribution in [3.05, 3.63) is 54.1 Å². The lowest BCUT2D eigenvalue weighted by atomic mass is 9.89. The Labute approximate surface area is 293 Å². The summed E-state index contributed by atoms with van der Waals surface area (Å²) in [7, 11) is -4.20. The number of fused-ring (bicyclic) bond motifs is 2. The molecule has 0 unspecified atom stereocenters. The van der Waals surface area contributed by atoms with E-state index in [9.17, 15) is 23.1 Å². The maximum absolute atomic E-state index is 14.3. The van der Waals surface area contributed by atoms with E-state index in [2.05, 4.69) is 10.6 Å². The molecule has 50 heavy (non-hydrogen) atoms. The molecular weight excluding hydrogens is 668 g/mol. The fraction of sp³-hybridized carbons (Fsp3) is 0.600. The van der Waals surface area contributed by atoms with E-state index >= 15 is 0 Å². The van der Waals surface area contributed by atoms with Crippen LogP contribution in [0, 0.1) is 11.3 Å². The summed E-state index contributed by atoms with van der Waals surface area (Å²) in [4.78, 5) is 27.6. The summed E-state index contributed by atoms with van der Waals surface area (Å²) in [5, 5.41) is 17.6. The third kappa shape index (κ3) is 8.80. The van der Waals surface area contributed by atoms with Gasteiger partial charge in [-0.05, 0) is 55.2 Å². The smallest absolute Gasteiger partial charge is 0.407 e. The molecule has 4 aliphatic heterocycles. The molecule has 5 atom stereocenters. The maximum atomic E-state index is 14.3. The molecule has 0 bridgehead atoms. The Balaban J connectivity index is 1.20. The van der Waals surface area contributed by atoms with Crippen molar-refractivity contribution in [2.45, 2.75) is 75.4 Å². The molecule has 15 heteroatoms. The number of benzene rings is 2. The normalized spacial score (nSPS) is 22.7. The number of likely N-dealkylation sites (tertiary alicyclic amines) is 1. The second-order valence-corrected chi connectivity index (χ2v) is 16.1. The van der Waals surface area contributed by atoms with Gasteiger partial charge in [-0.25, -0.2) is 18.0 Å². The molecule has 3 saturated heterocycles. The quantitative estimate of drug-likeness (QED) is 0.265. The van der Waals surface area contributed by atoms with Gasteiger partial charge in [0.25, 0.3) is 0 Å². The molecule has 0 radical (unpaired) electrons. The highest BCUT2D eigenvalue weighted by atomic mass is 32.2. The Morgan fingerprint density at radius 1 is 1.08 bits per heavy atom. The van der Waals surface area contributed by atoms with Crippen molar-refractivity contribution >= 4 is 22.1 Å². The van der Waals surface area contributed by atoms with Crippen LogP contribution in [0.2, 0.25) is 0 Å². The van der Waals surface area contributed by atoms with Gasteiger partial charge in [-0.15, -0.1) is 0 Å². The summed E-state index contributed by atoms with van der Waals surface area (Å²) < 4.78 is 57.7. The predicted molar refractivity (Wildman–Crippen MR) is 181 cm³/mol. The van der Waals surface area contributed by atoms with Crippen LogP contribution in [0.5, 0.6) is 11.5 Å². The van der Waals surface area contributed by atoms with Gasteiger partial charge in [-0.2, -0.15) is 4.31 Å². The molecule has 0 aromatic heterocycles. The summed E-state index contributed by atoms with van der Waals surface area (Å²) >= 11 is 0. The molecule has 2 aromatic rings. The monoisotopic (exact) mass is 716 g/mol. The van der Waals surface area contributed by atoms with Crippen molar-refractivity contribution < 1.29 is 46.8 Å². The van der Waals surface area contributed by atoms with Crippen LogP contribution in [0.3, 0.4) is 0 Å². The summed E-state index contributed by atoms with van der Waals surface area (Å²) in [6, 6.07) is 12.7. The fourth-order valence-electron chi connectivity index (χ4n) is 6.89. The fourth-order valence-corrected chi connectivity index (χ4v) is 8.55. The number of nitrogens with zero attached hydrogens (tertiary/aromatic N) is 2.